The van der Waals surface area contributed by atoms with Gasteiger partial charge in [0.25, 0.3) is 0 Å². The first-order valence-electron chi connectivity index (χ1n) is 10.9. The van der Waals surface area contributed by atoms with E-state index in [0.717, 1.165) is 45.2 Å². The molecule has 0 fully saturated rings. The maximum atomic E-state index is 12.7. The van der Waals surface area contributed by atoms with Crippen LogP contribution in [0, 0.1) is 6.92 Å². The highest BCUT2D eigenvalue weighted by molar-refractivity contribution is 7.99. The van der Waals surface area contributed by atoms with Gasteiger partial charge in [-0.3, -0.25) is 14.2 Å². The highest BCUT2D eigenvalue weighted by Gasteiger charge is 2.22. The topological polar surface area (TPSA) is 67.2 Å². The van der Waals surface area contributed by atoms with Gasteiger partial charge >= 0.3 is 0 Å². The monoisotopic (exact) mass is 456 g/mol. The first-order chi connectivity index (χ1) is 16.0. The molecule has 0 saturated heterocycles. The lowest BCUT2D eigenvalue weighted by Crippen LogP contribution is -2.25. The summed E-state index contributed by atoms with van der Waals surface area (Å²) in [5, 5.41) is 3.77. The highest BCUT2D eigenvalue weighted by atomic mass is 32.2. The summed E-state index contributed by atoms with van der Waals surface area (Å²) in [5.74, 6) is 0.189. The molecule has 2 amide bonds. The number of anilines is 2. The lowest BCUT2D eigenvalue weighted by molar-refractivity contribution is -0.116. The van der Waals surface area contributed by atoms with Crippen LogP contribution in [0.5, 0.6) is 0 Å². The highest BCUT2D eigenvalue weighted by Crippen LogP contribution is 2.31. The Morgan fingerprint density at radius 1 is 1.06 bits per heavy atom. The number of para-hydroxylation sites is 2. The van der Waals surface area contributed by atoms with Gasteiger partial charge in [-0.15, -0.1) is 0 Å². The Labute approximate surface area is 196 Å². The zero-order valence-corrected chi connectivity index (χ0v) is 19.4. The van der Waals surface area contributed by atoms with Crippen LogP contribution in [0.3, 0.4) is 0 Å². The van der Waals surface area contributed by atoms with Crippen LogP contribution in [0.2, 0.25) is 0 Å². The Kier molecular flexibility index (Phi) is 5.64. The molecule has 166 valence electrons. The fourth-order valence-electron chi connectivity index (χ4n) is 4.25. The van der Waals surface area contributed by atoms with E-state index in [1.165, 1.54) is 17.3 Å². The molecule has 0 spiro atoms. The number of aromatic nitrogens is 2. The summed E-state index contributed by atoms with van der Waals surface area (Å²) in [5.41, 5.74) is 6.87. The van der Waals surface area contributed by atoms with Crippen molar-refractivity contribution in [2.24, 2.45) is 0 Å². The third-order valence-corrected chi connectivity index (χ3v) is 6.70. The second kappa shape index (κ2) is 8.75. The van der Waals surface area contributed by atoms with Crippen molar-refractivity contribution in [3.8, 4) is 5.69 Å². The van der Waals surface area contributed by atoms with Gasteiger partial charge in [-0.2, -0.15) is 0 Å². The molecule has 2 heterocycles. The van der Waals surface area contributed by atoms with Gasteiger partial charge in [-0.1, -0.05) is 36.0 Å². The lowest BCUT2D eigenvalue weighted by Gasteiger charge is -2.15. The second-order valence-electron chi connectivity index (χ2n) is 8.16. The summed E-state index contributed by atoms with van der Waals surface area (Å²) < 4.78 is 2.10. The number of imidazole rings is 1. The zero-order chi connectivity index (χ0) is 22.9. The van der Waals surface area contributed by atoms with Crippen molar-refractivity contribution >= 4 is 46.0 Å². The van der Waals surface area contributed by atoms with Crippen LogP contribution < -0.4 is 10.2 Å². The van der Waals surface area contributed by atoms with Gasteiger partial charge in [0.2, 0.25) is 11.8 Å². The first-order valence-corrected chi connectivity index (χ1v) is 11.9. The molecule has 1 N–H and O–H groups in total. The van der Waals surface area contributed by atoms with Gasteiger partial charge in [0.05, 0.1) is 16.8 Å². The van der Waals surface area contributed by atoms with Crippen LogP contribution >= 0.6 is 11.8 Å². The molecular weight excluding hydrogens is 432 g/mol. The molecule has 33 heavy (non-hydrogen) atoms. The maximum absolute atomic E-state index is 12.7. The van der Waals surface area contributed by atoms with Gasteiger partial charge in [-0.25, -0.2) is 4.98 Å². The van der Waals surface area contributed by atoms with Crippen LogP contribution in [0.1, 0.15) is 18.1 Å². The minimum absolute atomic E-state index is 0.0402. The fraction of sp³-hybridized carbons (Fsp3) is 0.192. The Morgan fingerprint density at radius 3 is 2.73 bits per heavy atom. The molecule has 1 aromatic heterocycles. The number of aryl methyl sites for hydroxylation is 1. The van der Waals surface area contributed by atoms with Gasteiger partial charge in [0.15, 0.2) is 5.16 Å². The zero-order valence-electron chi connectivity index (χ0n) is 18.5. The molecule has 1 aliphatic rings. The fourth-order valence-corrected chi connectivity index (χ4v) is 5.08. The number of hydrogen-bond donors (Lipinski definition) is 1. The average molecular weight is 457 g/mol. The van der Waals surface area contributed by atoms with Crippen LogP contribution in [-0.2, 0) is 16.0 Å². The minimum Gasteiger partial charge on any atom is -0.325 e. The van der Waals surface area contributed by atoms with E-state index in [2.05, 4.69) is 35.0 Å². The molecule has 3 aromatic carbocycles. The predicted octanol–water partition coefficient (Wildman–Crippen LogP) is 4.97. The van der Waals surface area contributed by atoms with Crippen molar-refractivity contribution in [1.82, 2.24) is 9.55 Å². The van der Waals surface area contributed by atoms with Gasteiger partial charge in [0, 0.05) is 30.5 Å². The summed E-state index contributed by atoms with van der Waals surface area (Å²) in [7, 11) is 0. The number of thioether (sulfide) groups is 1. The lowest BCUT2D eigenvalue weighted by atomic mass is 10.1. The van der Waals surface area contributed by atoms with E-state index in [1.807, 2.05) is 48.5 Å². The van der Waals surface area contributed by atoms with Gasteiger partial charge < -0.3 is 10.2 Å². The maximum Gasteiger partial charge on any atom is 0.234 e. The summed E-state index contributed by atoms with van der Waals surface area (Å²) in [6.07, 6.45) is 0.799. The molecule has 0 bridgehead atoms. The molecule has 7 heteroatoms. The smallest absolute Gasteiger partial charge is 0.234 e. The molecule has 0 saturated carbocycles. The van der Waals surface area contributed by atoms with Crippen LogP contribution in [0.4, 0.5) is 11.4 Å². The summed E-state index contributed by atoms with van der Waals surface area (Å²) >= 11 is 1.42. The largest absolute Gasteiger partial charge is 0.325 e. The Balaban J connectivity index is 1.34. The van der Waals surface area contributed by atoms with Gasteiger partial charge in [-0.05, 0) is 66.9 Å². The number of benzene rings is 3. The van der Waals surface area contributed by atoms with Crippen molar-refractivity contribution in [2.45, 2.75) is 25.4 Å². The van der Waals surface area contributed by atoms with E-state index >= 15 is 0 Å². The number of carbonyl (C=O) groups is 2. The number of carbonyl (C=O) groups excluding carboxylic acids is 2. The summed E-state index contributed by atoms with van der Waals surface area (Å²) in [4.78, 5) is 31.0. The third-order valence-electron chi connectivity index (χ3n) is 5.76. The third kappa shape index (κ3) is 4.24. The van der Waals surface area contributed by atoms with E-state index < -0.39 is 0 Å². The Morgan fingerprint density at radius 2 is 1.91 bits per heavy atom. The molecule has 0 atom stereocenters. The van der Waals surface area contributed by atoms with Crippen LogP contribution in [0.15, 0.2) is 71.9 Å². The molecule has 6 nitrogen and oxygen atoms in total. The van der Waals surface area contributed by atoms with E-state index in [4.69, 9.17) is 4.98 Å². The van der Waals surface area contributed by atoms with Crippen LogP contribution in [-0.4, -0.2) is 33.7 Å². The van der Waals surface area contributed by atoms with E-state index in [0.29, 0.717) is 6.54 Å². The normalized spacial score (nSPS) is 12.7. The second-order valence-corrected chi connectivity index (χ2v) is 9.10. The number of hydrogen-bond acceptors (Lipinski definition) is 4. The number of fused-ring (bicyclic) bond motifs is 2. The quantitative estimate of drug-likeness (QED) is 0.431. The molecule has 4 aromatic rings. The SMILES string of the molecule is CC(=O)N1CCc2cc(NC(=O)CSc3nc4ccccc4n3-c3cccc(C)c3)ccc21. The van der Waals surface area contributed by atoms with Crippen molar-refractivity contribution in [3.05, 3.63) is 77.9 Å². The Bertz CT molecular complexity index is 1380. The standard InChI is InChI=1S/C26H24N4O2S/c1-17-6-5-7-21(14-17)30-24-9-4-3-8-22(24)28-26(30)33-16-25(32)27-20-10-11-23-19(15-20)12-13-29(23)18(2)31/h3-11,14-15H,12-13,16H2,1-2H3,(H,27,32). The van der Waals surface area contributed by atoms with Crippen LogP contribution in [0.25, 0.3) is 16.7 Å². The predicted molar refractivity (Wildman–Crippen MR) is 133 cm³/mol. The number of nitrogens with one attached hydrogen (secondary N) is 1. The molecular formula is C26H24N4O2S. The molecule has 0 aliphatic carbocycles. The number of rotatable bonds is 5. The summed E-state index contributed by atoms with van der Waals surface area (Å²) in [6.45, 7) is 4.33. The molecule has 1 aliphatic heterocycles. The van der Waals surface area contributed by atoms with Crippen molar-refractivity contribution in [3.63, 3.8) is 0 Å². The average Bonchev–Trinajstić information content (AvgIpc) is 3.38. The first kappa shape index (κ1) is 21.3. The molecule has 5 rings (SSSR count). The molecule has 0 unspecified atom stereocenters. The molecule has 0 radical (unpaired) electrons. The number of nitrogens with zero attached hydrogens (tertiary/aromatic N) is 3. The Hall–Kier alpha value is -3.58. The van der Waals surface area contributed by atoms with Crippen molar-refractivity contribution in [1.29, 1.82) is 0 Å². The van der Waals surface area contributed by atoms with E-state index in [1.54, 1.807) is 11.8 Å². The van der Waals surface area contributed by atoms with Crippen molar-refractivity contribution in [2.75, 3.05) is 22.5 Å². The van der Waals surface area contributed by atoms with Crippen molar-refractivity contribution < 1.29 is 9.59 Å². The van der Waals surface area contributed by atoms with E-state index in [9.17, 15) is 9.59 Å². The summed E-state index contributed by atoms with van der Waals surface area (Å²) in [6, 6.07) is 22.0. The minimum atomic E-state index is -0.0933. The van der Waals surface area contributed by atoms with Gasteiger partial charge in [0.1, 0.15) is 0 Å². The van der Waals surface area contributed by atoms with E-state index in [-0.39, 0.29) is 17.6 Å². The number of amides is 2.